The number of unbranched alkanes of at least 4 members (excludes halogenated alkanes) is 1. The Morgan fingerprint density at radius 2 is 2.25 bits per heavy atom. The molecule has 5 heteroatoms. The maximum Gasteiger partial charge on any atom is 0.239 e. The lowest BCUT2D eigenvalue weighted by molar-refractivity contribution is -0.121. The predicted molar refractivity (Wildman–Crippen MR) is 80.8 cm³/mol. The number of benzene rings is 1. The monoisotopic (exact) mass is 294 g/mol. The molecule has 2 rings (SSSR count). The van der Waals surface area contributed by atoms with E-state index in [4.69, 9.17) is 11.6 Å². The Morgan fingerprint density at radius 1 is 1.45 bits per heavy atom. The number of carbonyl (C=O) groups is 1. The summed E-state index contributed by atoms with van der Waals surface area (Å²) >= 11 is 6.01. The van der Waals surface area contributed by atoms with Crippen molar-refractivity contribution in [3.05, 3.63) is 35.0 Å². The molecule has 0 spiro atoms. The third-order valence-electron chi connectivity index (χ3n) is 3.26. The van der Waals surface area contributed by atoms with Crippen LogP contribution in [0.25, 0.3) is 10.9 Å². The Bertz CT molecular complexity index is 607. The normalized spacial score (nSPS) is 10.9. The summed E-state index contributed by atoms with van der Waals surface area (Å²) in [6.45, 7) is 2.96. The van der Waals surface area contributed by atoms with Gasteiger partial charge in [0, 0.05) is 28.7 Å². The van der Waals surface area contributed by atoms with Crippen LogP contribution in [0.3, 0.4) is 0 Å². The van der Waals surface area contributed by atoms with Crippen molar-refractivity contribution in [3.63, 3.8) is 0 Å². The number of carbonyl (C=O) groups excluding carboxylic acids is 1. The van der Waals surface area contributed by atoms with Crippen LogP contribution in [0.5, 0.6) is 0 Å². The minimum absolute atomic E-state index is 0.0279. The number of hydrogen-bond donors (Lipinski definition) is 2. The van der Waals surface area contributed by atoms with E-state index in [-0.39, 0.29) is 19.1 Å². The smallest absolute Gasteiger partial charge is 0.239 e. The molecule has 0 radical (unpaired) electrons. The highest BCUT2D eigenvalue weighted by atomic mass is 35.5. The molecule has 4 nitrogen and oxygen atoms in total. The molecule has 1 aromatic heterocycles. The molecular formula is C15H19ClN2O2. The molecule has 0 aliphatic heterocycles. The highest BCUT2D eigenvalue weighted by molar-refractivity contribution is 6.31. The van der Waals surface area contributed by atoms with E-state index in [9.17, 15) is 9.90 Å². The van der Waals surface area contributed by atoms with E-state index < -0.39 is 0 Å². The number of fused-ring (bicyclic) bond motifs is 1. The van der Waals surface area contributed by atoms with Gasteiger partial charge in [0.25, 0.3) is 0 Å². The van der Waals surface area contributed by atoms with Gasteiger partial charge in [-0.2, -0.15) is 0 Å². The molecule has 0 bridgehead atoms. The van der Waals surface area contributed by atoms with E-state index in [1.807, 2.05) is 16.7 Å². The van der Waals surface area contributed by atoms with E-state index in [0.717, 1.165) is 29.3 Å². The number of rotatable bonds is 6. The number of hydrogen-bond acceptors (Lipinski definition) is 2. The molecule has 2 aromatic rings. The Kier molecular flexibility index (Phi) is 5.04. The van der Waals surface area contributed by atoms with E-state index >= 15 is 0 Å². The first-order valence-electron chi connectivity index (χ1n) is 6.80. The SMILES string of the molecule is CCCCNC(=O)Cn1cc(CO)c2ccc(Cl)cc21. The Labute approximate surface area is 123 Å². The number of nitrogens with zero attached hydrogens (tertiary/aromatic N) is 1. The van der Waals surface area contributed by atoms with Crippen LogP contribution in [-0.2, 0) is 17.9 Å². The van der Waals surface area contributed by atoms with E-state index in [1.165, 1.54) is 0 Å². The fourth-order valence-electron chi connectivity index (χ4n) is 2.21. The van der Waals surface area contributed by atoms with Crippen molar-refractivity contribution in [3.8, 4) is 0 Å². The van der Waals surface area contributed by atoms with Crippen LogP contribution in [0, 0.1) is 0 Å². The maximum atomic E-state index is 11.9. The van der Waals surface area contributed by atoms with Crippen LogP contribution in [-0.4, -0.2) is 22.1 Å². The third-order valence-corrected chi connectivity index (χ3v) is 3.50. The van der Waals surface area contributed by atoms with Crippen molar-refractivity contribution in [1.82, 2.24) is 9.88 Å². The lowest BCUT2D eigenvalue weighted by atomic mass is 10.2. The molecule has 0 fully saturated rings. The first-order chi connectivity index (χ1) is 9.65. The Morgan fingerprint density at radius 3 is 2.95 bits per heavy atom. The van der Waals surface area contributed by atoms with Gasteiger partial charge in [-0.05, 0) is 18.6 Å². The van der Waals surface area contributed by atoms with Crippen LogP contribution in [0.2, 0.25) is 5.02 Å². The molecule has 20 heavy (non-hydrogen) atoms. The summed E-state index contributed by atoms with van der Waals surface area (Å²) < 4.78 is 1.83. The zero-order valence-electron chi connectivity index (χ0n) is 11.5. The van der Waals surface area contributed by atoms with Crippen LogP contribution in [0.4, 0.5) is 0 Å². The van der Waals surface area contributed by atoms with Crippen molar-refractivity contribution in [2.75, 3.05) is 6.54 Å². The Balaban J connectivity index is 2.21. The second kappa shape index (κ2) is 6.77. The standard InChI is InChI=1S/C15H19ClN2O2/c1-2-3-6-17-15(20)9-18-8-11(10-19)13-5-4-12(16)7-14(13)18/h4-5,7-8,19H,2-3,6,9-10H2,1H3,(H,17,20). The molecule has 1 amide bonds. The van der Waals surface area contributed by atoms with Crippen molar-refractivity contribution >= 4 is 28.4 Å². The first-order valence-corrected chi connectivity index (χ1v) is 7.18. The number of aromatic nitrogens is 1. The molecule has 1 heterocycles. The van der Waals surface area contributed by atoms with E-state index in [1.54, 1.807) is 12.3 Å². The van der Waals surface area contributed by atoms with Crippen molar-refractivity contribution in [2.24, 2.45) is 0 Å². The molecule has 0 saturated carbocycles. The zero-order chi connectivity index (χ0) is 14.5. The second-order valence-corrected chi connectivity index (χ2v) is 5.24. The zero-order valence-corrected chi connectivity index (χ0v) is 12.3. The highest BCUT2D eigenvalue weighted by Crippen LogP contribution is 2.24. The summed E-state index contributed by atoms with van der Waals surface area (Å²) in [5.74, 6) is -0.0279. The van der Waals surface area contributed by atoms with Crippen LogP contribution in [0.15, 0.2) is 24.4 Å². The molecule has 0 aliphatic rings. The molecule has 0 atom stereocenters. The van der Waals surface area contributed by atoms with Crippen LogP contribution in [0.1, 0.15) is 25.3 Å². The number of aliphatic hydroxyl groups is 1. The molecule has 1 aromatic carbocycles. The summed E-state index contributed by atoms with van der Waals surface area (Å²) in [6.07, 6.45) is 3.84. The summed E-state index contributed by atoms with van der Waals surface area (Å²) in [7, 11) is 0. The Hall–Kier alpha value is -1.52. The van der Waals surface area contributed by atoms with Crippen molar-refractivity contribution < 1.29 is 9.90 Å². The maximum absolute atomic E-state index is 11.9. The molecule has 0 unspecified atom stereocenters. The number of aliphatic hydroxyl groups excluding tert-OH is 1. The molecule has 0 saturated heterocycles. The van der Waals surface area contributed by atoms with Gasteiger partial charge in [0.1, 0.15) is 6.54 Å². The largest absolute Gasteiger partial charge is 0.392 e. The third kappa shape index (κ3) is 3.32. The molecule has 0 aliphatic carbocycles. The molecular weight excluding hydrogens is 276 g/mol. The molecule has 2 N–H and O–H groups in total. The van der Waals surface area contributed by atoms with Crippen LogP contribution >= 0.6 is 11.6 Å². The van der Waals surface area contributed by atoms with Gasteiger partial charge >= 0.3 is 0 Å². The van der Waals surface area contributed by atoms with Crippen molar-refractivity contribution in [2.45, 2.75) is 32.9 Å². The minimum Gasteiger partial charge on any atom is -0.392 e. The number of halogens is 1. The average Bonchev–Trinajstić information content (AvgIpc) is 2.76. The minimum atomic E-state index is -0.0530. The van der Waals surface area contributed by atoms with Gasteiger partial charge in [0.15, 0.2) is 0 Å². The van der Waals surface area contributed by atoms with Gasteiger partial charge in [-0.3, -0.25) is 4.79 Å². The first kappa shape index (κ1) is 14.9. The van der Waals surface area contributed by atoms with Gasteiger partial charge in [-0.1, -0.05) is 31.0 Å². The van der Waals surface area contributed by atoms with Crippen molar-refractivity contribution in [1.29, 1.82) is 0 Å². The van der Waals surface area contributed by atoms with Gasteiger partial charge in [0.05, 0.1) is 12.1 Å². The number of nitrogens with one attached hydrogen (secondary N) is 1. The van der Waals surface area contributed by atoms with Gasteiger partial charge in [-0.15, -0.1) is 0 Å². The summed E-state index contributed by atoms with van der Waals surface area (Å²) in [5, 5.41) is 13.8. The van der Waals surface area contributed by atoms with Crippen LogP contribution < -0.4 is 5.32 Å². The van der Waals surface area contributed by atoms with E-state index in [0.29, 0.717) is 11.6 Å². The summed E-state index contributed by atoms with van der Waals surface area (Å²) in [6, 6.07) is 5.47. The van der Waals surface area contributed by atoms with Gasteiger partial charge < -0.3 is 15.0 Å². The van der Waals surface area contributed by atoms with E-state index in [2.05, 4.69) is 12.2 Å². The van der Waals surface area contributed by atoms with Gasteiger partial charge in [0.2, 0.25) is 5.91 Å². The summed E-state index contributed by atoms with van der Waals surface area (Å²) in [5.41, 5.74) is 1.67. The van der Waals surface area contributed by atoms with Gasteiger partial charge in [-0.25, -0.2) is 0 Å². The summed E-state index contributed by atoms with van der Waals surface area (Å²) in [4.78, 5) is 11.9. The quantitative estimate of drug-likeness (QED) is 0.805. The predicted octanol–water partition coefficient (Wildman–Crippen LogP) is 2.70. The fraction of sp³-hybridized carbons (Fsp3) is 0.400. The molecule has 108 valence electrons. The lowest BCUT2D eigenvalue weighted by Gasteiger charge is -2.07. The number of amides is 1. The lowest BCUT2D eigenvalue weighted by Crippen LogP contribution is -2.28. The second-order valence-electron chi connectivity index (χ2n) is 4.81. The topological polar surface area (TPSA) is 54.3 Å². The average molecular weight is 295 g/mol. The highest BCUT2D eigenvalue weighted by Gasteiger charge is 2.11. The fourth-order valence-corrected chi connectivity index (χ4v) is 2.38.